The molecular weight excluding hydrogens is 324 g/mol. The van der Waals surface area contributed by atoms with Gasteiger partial charge in [0, 0.05) is 32.1 Å². The van der Waals surface area contributed by atoms with E-state index in [9.17, 15) is 9.59 Å². The molecule has 0 aromatic heterocycles. The molecule has 0 aliphatic rings. The van der Waals surface area contributed by atoms with E-state index in [0.29, 0.717) is 37.3 Å². The summed E-state index contributed by atoms with van der Waals surface area (Å²) in [5, 5.41) is 3.12. The van der Waals surface area contributed by atoms with Crippen molar-refractivity contribution in [2.45, 2.75) is 73.1 Å². The van der Waals surface area contributed by atoms with Crippen molar-refractivity contribution < 1.29 is 9.59 Å². The van der Waals surface area contributed by atoms with Gasteiger partial charge in [-0.3, -0.25) is 9.59 Å². The Morgan fingerprint density at radius 3 is 1.92 bits per heavy atom. The molecule has 0 atom stereocenters. The lowest BCUT2D eigenvalue weighted by atomic mass is 9.92. The van der Waals surface area contributed by atoms with Crippen molar-refractivity contribution in [1.82, 2.24) is 4.90 Å². The van der Waals surface area contributed by atoms with Crippen LogP contribution in [0.3, 0.4) is 0 Å². The molecule has 1 N–H and O–H groups in total. The number of amides is 2. The third-order valence-corrected chi connectivity index (χ3v) is 4.67. The lowest BCUT2D eigenvalue weighted by Gasteiger charge is -2.23. The summed E-state index contributed by atoms with van der Waals surface area (Å²) in [6.45, 7) is 15.6. The van der Waals surface area contributed by atoms with E-state index in [0.717, 1.165) is 23.2 Å². The van der Waals surface area contributed by atoms with Gasteiger partial charge < -0.3 is 10.2 Å². The van der Waals surface area contributed by atoms with Gasteiger partial charge in [-0.25, -0.2) is 0 Å². The van der Waals surface area contributed by atoms with Crippen LogP contribution in [-0.2, 0) is 9.59 Å². The summed E-state index contributed by atoms with van der Waals surface area (Å²) in [6.07, 6.45) is 1.27. The van der Waals surface area contributed by atoms with Gasteiger partial charge in [0.1, 0.15) is 0 Å². The van der Waals surface area contributed by atoms with Gasteiger partial charge in [0.25, 0.3) is 0 Å². The second-order valence-electron chi connectivity index (χ2n) is 8.11. The highest BCUT2D eigenvalue weighted by Crippen LogP contribution is 2.32. The van der Waals surface area contributed by atoms with Gasteiger partial charge in [-0.15, -0.1) is 0 Å². The molecule has 0 spiro atoms. The largest absolute Gasteiger partial charge is 0.342 e. The SMILES string of the molecule is CC(=O)N(CCC(=O)Nc1c(C(C)C)cccc1C(C)C)CCC(C)C. The summed E-state index contributed by atoms with van der Waals surface area (Å²) in [6, 6.07) is 6.22. The summed E-state index contributed by atoms with van der Waals surface area (Å²) in [4.78, 5) is 26.2. The van der Waals surface area contributed by atoms with Gasteiger partial charge >= 0.3 is 0 Å². The molecule has 1 rings (SSSR count). The van der Waals surface area contributed by atoms with Crippen molar-refractivity contribution in [2.24, 2.45) is 5.92 Å². The van der Waals surface area contributed by atoms with Gasteiger partial charge in [0.15, 0.2) is 0 Å². The lowest BCUT2D eigenvalue weighted by molar-refractivity contribution is -0.129. The van der Waals surface area contributed by atoms with Gasteiger partial charge in [0.2, 0.25) is 11.8 Å². The molecule has 0 saturated heterocycles. The number of carbonyl (C=O) groups is 2. The highest BCUT2D eigenvalue weighted by atomic mass is 16.2. The Labute approximate surface area is 159 Å². The maximum atomic E-state index is 12.6. The minimum Gasteiger partial charge on any atom is -0.342 e. The number of benzene rings is 1. The van der Waals surface area contributed by atoms with Gasteiger partial charge in [-0.2, -0.15) is 0 Å². The number of rotatable bonds is 9. The zero-order valence-corrected chi connectivity index (χ0v) is 17.6. The molecule has 26 heavy (non-hydrogen) atoms. The van der Waals surface area contributed by atoms with E-state index in [1.807, 2.05) is 0 Å². The molecule has 0 aliphatic carbocycles. The molecule has 0 radical (unpaired) electrons. The average Bonchev–Trinajstić information content (AvgIpc) is 2.53. The first-order valence-electron chi connectivity index (χ1n) is 9.81. The third kappa shape index (κ3) is 6.81. The molecule has 1 aromatic rings. The fourth-order valence-corrected chi connectivity index (χ4v) is 2.97. The number of carbonyl (C=O) groups excluding carboxylic acids is 2. The number of hydrogen-bond acceptors (Lipinski definition) is 2. The Balaban J connectivity index is 2.82. The van der Waals surface area contributed by atoms with Crippen LogP contribution >= 0.6 is 0 Å². The molecular formula is C22H36N2O2. The minimum atomic E-state index is -0.0317. The Morgan fingerprint density at radius 1 is 0.962 bits per heavy atom. The predicted octanol–water partition coefficient (Wildman–Crippen LogP) is 5.16. The van der Waals surface area contributed by atoms with Crippen LogP contribution in [0.15, 0.2) is 18.2 Å². The number of nitrogens with one attached hydrogen (secondary N) is 1. The Hall–Kier alpha value is -1.84. The second-order valence-corrected chi connectivity index (χ2v) is 8.11. The van der Waals surface area contributed by atoms with Crippen LogP contribution in [0.25, 0.3) is 0 Å². The standard InChI is InChI=1S/C22H36N2O2/c1-15(2)11-13-24(18(7)25)14-12-21(26)23-22-19(16(3)4)9-8-10-20(22)17(5)6/h8-10,15-17H,11-14H2,1-7H3,(H,23,26). The molecule has 146 valence electrons. The summed E-state index contributed by atoms with van der Waals surface area (Å²) in [5.41, 5.74) is 3.26. The molecule has 0 aliphatic heterocycles. The predicted molar refractivity (Wildman–Crippen MR) is 110 cm³/mol. The van der Waals surface area contributed by atoms with Crippen LogP contribution in [-0.4, -0.2) is 29.8 Å². The number of para-hydroxylation sites is 1. The molecule has 0 heterocycles. The van der Waals surface area contributed by atoms with E-state index in [2.05, 4.69) is 65.1 Å². The zero-order chi connectivity index (χ0) is 19.9. The van der Waals surface area contributed by atoms with Crippen molar-refractivity contribution in [3.63, 3.8) is 0 Å². The maximum Gasteiger partial charge on any atom is 0.226 e. The van der Waals surface area contributed by atoms with Crippen LogP contribution in [0.5, 0.6) is 0 Å². The van der Waals surface area contributed by atoms with E-state index in [1.165, 1.54) is 0 Å². The van der Waals surface area contributed by atoms with Crippen molar-refractivity contribution >= 4 is 17.5 Å². The first-order valence-corrected chi connectivity index (χ1v) is 9.81. The highest BCUT2D eigenvalue weighted by Gasteiger charge is 2.17. The maximum absolute atomic E-state index is 12.6. The summed E-state index contributed by atoms with van der Waals surface area (Å²) in [5.74, 6) is 1.21. The van der Waals surface area contributed by atoms with Gasteiger partial charge in [-0.1, -0.05) is 59.7 Å². The molecule has 0 unspecified atom stereocenters. The minimum absolute atomic E-state index is 0.0314. The van der Waals surface area contributed by atoms with E-state index in [1.54, 1.807) is 11.8 Å². The summed E-state index contributed by atoms with van der Waals surface area (Å²) >= 11 is 0. The normalized spacial score (nSPS) is 11.3. The molecule has 2 amide bonds. The summed E-state index contributed by atoms with van der Waals surface area (Å²) in [7, 11) is 0. The van der Waals surface area contributed by atoms with Crippen LogP contribution in [0.2, 0.25) is 0 Å². The fourth-order valence-electron chi connectivity index (χ4n) is 2.97. The molecule has 4 heteroatoms. The first-order chi connectivity index (χ1) is 12.1. The molecule has 4 nitrogen and oxygen atoms in total. The number of nitrogens with zero attached hydrogens (tertiary/aromatic N) is 1. The van der Waals surface area contributed by atoms with Crippen LogP contribution in [0.1, 0.15) is 84.3 Å². The zero-order valence-electron chi connectivity index (χ0n) is 17.6. The quantitative estimate of drug-likeness (QED) is 0.661. The van der Waals surface area contributed by atoms with Crippen LogP contribution < -0.4 is 5.32 Å². The Bertz CT molecular complexity index is 580. The monoisotopic (exact) mass is 360 g/mol. The highest BCUT2D eigenvalue weighted by molar-refractivity contribution is 5.93. The van der Waals surface area contributed by atoms with E-state index in [4.69, 9.17) is 0 Å². The van der Waals surface area contributed by atoms with Crippen LogP contribution in [0, 0.1) is 5.92 Å². The molecule has 1 aromatic carbocycles. The second kappa shape index (κ2) is 10.3. The van der Waals surface area contributed by atoms with Crippen molar-refractivity contribution in [3.05, 3.63) is 29.3 Å². The number of anilines is 1. The van der Waals surface area contributed by atoms with Crippen LogP contribution in [0.4, 0.5) is 5.69 Å². The van der Waals surface area contributed by atoms with E-state index < -0.39 is 0 Å². The third-order valence-electron chi connectivity index (χ3n) is 4.67. The summed E-state index contributed by atoms with van der Waals surface area (Å²) < 4.78 is 0. The molecule has 0 fully saturated rings. The first kappa shape index (κ1) is 22.2. The topological polar surface area (TPSA) is 49.4 Å². The van der Waals surface area contributed by atoms with Gasteiger partial charge in [-0.05, 0) is 35.3 Å². The van der Waals surface area contributed by atoms with E-state index in [-0.39, 0.29) is 11.8 Å². The Morgan fingerprint density at radius 2 is 1.50 bits per heavy atom. The smallest absolute Gasteiger partial charge is 0.226 e. The van der Waals surface area contributed by atoms with Crippen molar-refractivity contribution in [3.8, 4) is 0 Å². The van der Waals surface area contributed by atoms with Crippen molar-refractivity contribution in [1.29, 1.82) is 0 Å². The molecule has 0 bridgehead atoms. The van der Waals surface area contributed by atoms with E-state index >= 15 is 0 Å². The Kier molecular flexibility index (Phi) is 8.83. The number of hydrogen-bond donors (Lipinski definition) is 1. The van der Waals surface area contributed by atoms with Crippen molar-refractivity contribution in [2.75, 3.05) is 18.4 Å². The average molecular weight is 361 g/mol. The fraction of sp³-hybridized carbons (Fsp3) is 0.636. The van der Waals surface area contributed by atoms with Gasteiger partial charge in [0.05, 0.1) is 0 Å². The molecule has 0 saturated carbocycles. The lowest BCUT2D eigenvalue weighted by Crippen LogP contribution is -2.33.